The Morgan fingerprint density at radius 3 is 2.44 bits per heavy atom. The molecule has 0 amide bonds. The van der Waals surface area contributed by atoms with Gasteiger partial charge in [-0.25, -0.2) is 9.78 Å². The minimum Gasteiger partial charge on any atom is -0.492 e. The van der Waals surface area contributed by atoms with Crippen molar-refractivity contribution in [2.24, 2.45) is 7.05 Å². The number of methoxy groups -OCH3 is 1. The van der Waals surface area contributed by atoms with Crippen LogP contribution in [0.4, 0.5) is 0 Å². The van der Waals surface area contributed by atoms with Crippen LogP contribution in [0.3, 0.4) is 0 Å². The van der Waals surface area contributed by atoms with Crippen LogP contribution in [0.15, 0.2) is 24.4 Å². The van der Waals surface area contributed by atoms with Gasteiger partial charge in [0.25, 0.3) is 0 Å². The highest BCUT2D eigenvalue weighted by Gasteiger charge is 2.28. The number of benzene rings is 1. The average Bonchev–Trinajstić information content (AvgIpc) is 3.18. The van der Waals surface area contributed by atoms with Gasteiger partial charge in [0.05, 0.1) is 31.6 Å². The Balaban J connectivity index is 2.27. The molecule has 2 aromatic heterocycles. The van der Waals surface area contributed by atoms with E-state index in [1.807, 2.05) is 42.9 Å². The fourth-order valence-corrected chi connectivity index (χ4v) is 3.95. The van der Waals surface area contributed by atoms with E-state index in [0.29, 0.717) is 36.6 Å². The summed E-state index contributed by atoms with van der Waals surface area (Å²) < 4.78 is 19.2. The van der Waals surface area contributed by atoms with E-state index in [0.717, 1.165) is 47.7 Å². The van der Waals surface area contributed by atoms with Crippen LogP contribution in [-0.4, -0.2) is 35.8 Å². The van der Waals surface area contributed by atoms with E-state index in [9.17, 15) is 10.1 Å². The van der Waals surface area contributed by atoms with Gasteiger partial charge in [0, 0.05) is 35.3 Å². The molecular weight excluding hydrogens is 430 g/mol. The zero-order chi connectivity index (χ0) is 24.7. The van der Waals surface area contributed by atoms with Crippen molar-refractivity contribution < 1.29 is 19.0 Å². The van der Waals surface area contributed by atoms with Crippen molar-refractivity contribution in [3.05, 3.63) is 41.1 Å². The first-order chi connectivity index (χ1) is 16.5. The fraction of sp³-hybridized carbons (Fsp3) is 0.444. The highest BCUT2D eigenvalue weighted by Crippen LogP contribution is 2.39. The third-order valence-electron chi connectivity index (χ3n) is 5.82. The lowest BCUT2D eigenvalue weighted by Crippen LogP contribution is -2.15. The molecular formula is C27H33N3O4. The first-order valence-corrected chi connectivity index (χ1v) is 11.9. The number of carbonyl (C=O) groups excluding carboxylic acids is 1. The van der Waals surface area contributed by atoms with Crippen LogP contribution in [0.25, 0.3) is 22.2 Å². The number of rotatable bonds is 11. The molecule has 0 aliphatic heterocycles. The summed E-state index contributed by atoms with van der Waals surface area (Å²) in [5, 5.41) is 10.4. The van der Waals surface area contributed by atoms with E-state index in [4.69, 9.17) is 19.2 Å². The number of fused-ring (bicyclic) bond motifs is 1. The molecule has 7 heteroatoms. The minimum absolute atomic E-state index is 0.215. The second-order valence-corrected chi connectivity index (χ2v) is 8.19. The SMILES string of the molecule is CCCCOc1nc(-c2ccc3c(c2)c(C#N)cn3C)c(CC)c(OCCCC)c1C(=O)OC. The van der Waals surface area contributed by atoms with Crippen molar-refractivity contribution in [2.45, 2.75) is 52.9 Å². The summed E-state index contributed by atoms with van der Waals surface area (Å²) in [4.78, 5) is 17.7. The molecule has 0 saturated heterocycles. The van der Waals surface area contributed by atoms with Crippen LogP contribution in [0.1, 0.15) is 67.9 Å². The van der Waals surface area contributed by atoms with E-state index in [-0.39, 0.29) is 11.4 Å². The normalized spacial score (nSPS) is 10.8. The van der Waals surface area contributed by atoms with Crippen LogP contribution < -0.4 is 9.47 Å². The number of ether oxygens (including phenoxy) is 3. The van der Waals surface area contributed by atoms with Crippen molar-refractivity contribution in [3.63, 3.8) is 0 Å². The molecule has 0 N–H and O–H groups in total. The van der Waals surface area contributed by atoms with E-state index < -0.39 is 5.97 Å². The standard InChI is InChI=1S/C27H33N3O4/c1-6-9-13-33-25-20(8-3)24(29-26(34-14-10-7-2)23(25)27(31)32-5)18-11-12-22-21(15-18)19(16-28)17-30(22)4/h11-12,15,17H,6-10,13-14H2,1-5H3. The Labute approximate surface area is 201 Å². The van der Waals surface area contributed by atoms with Crippen molar-refractivity contribution in [1.82, 2.24) is 9.55 Å². The Morgan fingerprint density at radius 1 is 1.12 bits per heavy atom. The summed E-state index contributed by atoms with van der Waals surface area (Å²) >= 11 is 0. The summed E-state index contributed by atoms with van der Waals surface area (Å²) in [6.45, 7) is 7.08. The highest BCUT2D eigenvalue weighted by molar-refractivity contribution is 5.97. The number of nitriles is 1. The molecule has 3 rings (SSSR count). The number of esters is 1. The molecule has 0 saturated carbocycles. The summed E-state index contributed by atoms with van der Waals surface area (Å²) in [5.41, 5.74) is 4.12. The smallest absolute Gasteiger partial charge is 0.347 e. The Hall–Kier alpha value is -3.53. The van der Waals surface area contributed by atoms with Crippen molar-refractivity contribution in [1.29, 1.82) is 5.26 Å². The number of unbranched alkanes of at least 4 members (excludes halogenated alkanes) is 2. The molecule has 180 valence electrons. The first-order valence-electron chi connectivity index (χ1n) is 11.9. The third-order valence-corrected chi connectivity index (χ3v) is 5.82. The van der Waals surface area contributed by atoms with Crippen LogP contribution in [0, 0.1) is 11.3 Å². The molecule has 0 aliphatic rings. The topological polar surface area (TPSA) is 86.4 Å². The molecule has 0 fully saturated rings. The van der Waals surface area contributed by atoms with Gasteiger partial charge in [-0.1, -0.05) is 39.7 Å². The summed E-state index contributed by atoms with van der Waals surface area (Å²) in [7, 11) is 3.27. The van der Waals surface area contributed by atoms with Gasteiger partial charge in [0.1, 0.15) is 11.8 Å². The lowest BCUT2D eigenvalue weighted by atomic mass is 9.98. The number of pyridine rings is 1. The largest absolute Gasteiger partial charge is 0.492 e. The van der Waals surface area contributed by atoms with E-state index in [1.165, 1.54) is 7.11 Å². The number of carbonyl (C=O) groups is 1. The van der Waals surface area contributed by atoms with Gasteiger partial charge in [-0.2, -0.15) is 5.26 Å². The second kappa shape index (κ2) is 11.6. The average molecular weight is 464 g/mol. The van der Waals surface area contributed by atoms with Crippen LogP contribution >= 0.6 is 0 Å². The monoisotopic (exact) mass is 463 g/mol. The summed E-state index contributed by atoms with van der Waals surface area (Å²) in [5.74, 6) is 0.151. The minimum atomic E-state index is -0.531. The molecule has 3 aromatic rings. The predicted molar refractivity (Wildman–Crippen MR) is 132 cm³/mol. The molecule has 0 unspecified atom stereocenters. The van der Waals surface area contributed by atoms with Crippen LogP contribution in [0.2, 0.25) is 0 Å². The molecule has 2 heterocycles. The highest BCUT2D eigenvalue weighted by atomic mass is 16.5. The lowest BCUT2D eigenvalue weighted by Gasteiger charge is -2.20. The van der Waals surface area contributed by atoms with Gasteiger partial charge in [-0.3, -0.25) is 0 Å². The van der Waals surface area contributed by atoms with E-state index >= 15 is 0 Å². The van der Waals surface area contributed by atoms with Gasteiger partial charge in [0.2, 0.25) is 5.88 Å². The number of nitrogens with zero attached hydrogens (tertiary/aromatic N) is 3. The van der Waals surface area contributed by atoms with Gasteiger partial charge in [-0.15, -0.1) is 0 Å². The van der Waals surface area contributed by atoms with E-state index in [2.05, 4.69) is 19.9 Å². The quantitative estimate of drug-likeness (QED) is 0.263. The maximum absolute atomic E-state index is 12.8. The van der Waals surface area contributed by atoms with E-state index in [1.54, 1.807) is 0 Å². The molecule has 7 nitrogen and oxygen atoms in total. The number of aromatic nitrogens is 2. The van der Waals surface area contributed by atoms with Gasteiger partial charge in [-0.05, 0) is 31.4 Å². The molecule has 1 aromatic carbocycles. The fourth-order valence-electron chi connectivity index (χ4n) is 3.95. The zero-order valence-electron chi connectivity index (χ0n) is 20.7. The number of hydrogen-bond donors (Lipinski definition) is 0. The summed E-state index contributed by atoms with van der Waals surface area (Å²) in [6, 6.07) is 8.20. The summed E-state index contributed by atoms with van der Waals surface area (Å²) in [6.07, 6.45) is 6.03. The van der Waals surface area contributed by atoms with Gasteiger partial charge in [0.15, 0.2) is 5.56 Å². The van der Waals surface area contributed by atoms with Crippen LogP contribution in [0.5, 0.6) is 11.6 Å². The van der Waals surface area contributed by atoms with Gasteiger partial charge < -0.3 is 18.8 Å². The first kappa shape index (κ1) is 25.1. The third kappa shape index (κ3) is 5.01. The van der Waals surface area contributed by atoms with Crippen LogP contribution in [-0.2, 0) is 18.2 Å². The van der Waals surface area contributed by atoms with Crippen molar-refractivity contribution in [2.75, 3.05) is 20.3 Å². The predicted octanol–water partition coefficient (Wildman–Crippen LogP) is 5.82. The molecule has 0 radical (unpaired) electrons. The van der Waals surface area contributed by atoms with Gasteiger partial charge >= 0.3 is 5.97 Å². The number of aryl methyl sites for hydroxylation is 1. The molecule has 34 heavy (non-hydrogen) atoms. The Bertz CT molecular complexity index is 1210. The second-order valence-electron chi connectivity index (χ2n) is 8.19. The molecule has 0 spiro atoms. The maximum Gasteiger partial charge on any atom is 0.347 e. The lowest BCUT2D eigenvalue weighted by molar-refractivity contribution is 0.0589. The molecule has 0 aliphatic carbocycles. The molecule has 0 bridgehead atoms. The van der Waals surface area contributed by atoms with Crippen molar-refractivity contribution >= 4 is 16.9 Å². The molecule has 0 atom stereocenters. The van der Waals surface area contributed by atoms with Crippen molar-refractivity contribution in [3.8, 4) is 29.0 Å². The maximum atomic E-state index is 12.8. The number of hydrogen-bond acceptors (Lipinski definition) is 6. The zero-order valence-corrected chi connectivity index (χ0v) is 20.7. The Morgan fingerprint density at radius 2 is 1.82 bits per heavy atom. The Kier molecular flexibility index (Phi) is 8.53.